The number of nitrogen functional groups attached to an aromatic ring is 1. The van der Waals surface area contributed by atoms with E-state index in [0.29, 0.717) is 0 Å². The second kappa shape index (κ2) is 4.59. The van der Waals surface area contributed by atoms with Gasteiger partial charge in [0.05, 0.1) is 36.6 Å². The minimum Gasteiger partial charge on any atom is -0.399 e. The Hall–Kier alpha value is -1.59. The van der Waals surface area contributed by atoms with Crippen LogP contribution in [0.3, 0.4) is 0 Å². The molecule has 2 aromatic rings. The Labute approximate surface area is 106 Å². The first kappa shape index (κ1) is 11.5. The summed E-state index contributed by atoms with van der Waals surface area (Å²) < 4.78 is 7.92. The van der Waals surface area contributed by atoms with Crippen molar-refractivity contribution in [2.24, 2.45) is 0 Å². The number of likely N-dealkylation sites (N-methyl/N-ethyl adjacent to an activating group) is 1. The highest BCUT2D eigenvalue weighted by Gasteiger charge is 2.18. The predicted octanol–water partition coefficient (Wildman–Crippen LogP) is 0.949. The van der Waals surface area contributed by atoms with Crippen LogP contribution in [0.25, 0.3) is 11.0 Å². The minimum atomic E-state index is 0.235. The van der Waals surface area contributed by atoms with Gasteiger partial charge in [-0.3, -0.25) is 0 Å². The molecule has 0 aliphatic carbocycles. The molecule has 2 heterocycles. The summed E-state index contributed by atoms with van der Waals surface area (Å²) in [4.78, 5) is 6.67. The van der Waals surface area contributed by atoms with Crippen LogP contribution in [-0.4, -0.2) is 47.3 Å². The van der Waals surface area contributed by atoms with E-state index in [-0.39, 0.29) is 6.10 Å². The van der Waals surface area contributed by atoms with Gasteiger partial charge in [0, 0.05) is 18.8 Å². The van der Waals surface area contributed by atoms with Crippen molar-refractivity contribution < 1.29 is 4.74 Å². The number of hydrogen-bond donors (Lipinski definition) is 1. The van der Waals surface area contributed by atoms with Crippen molar-refractivity contribution in [1.82, 2.24) is 14.5 Å². The second-order valence-electron chi connectivity index (χ2n) is 4.90. The molecule has 1 unspecified atom stereocenters. The molecule has 5 nitrogen and oxygen atoms in total. The predicted molar refractivity (Wildman–Crippen MR) is 71.4 cm³/mol. The first-order chi connectivity index (χ1) is 8.72. The van der Waals surface area contributed by atoms with E-state index in [9.17, 15) is 0 Å². The Morgan fingerprint density at radius 2 is 2.39 bits per heavy atom. The maximum absolute atomic E-state index is 5.78. The highest BCUT2D eigenvalue weighted by atomic mass is 16.5. The molecule has 3 rings (SSSR count). The highest BCUT2D eigenvalue weighted by Crippen LogP contribution is 2.17. The fourth-order valence-electron chi connectivity index (χ4n) is 2.42. The van der Waals surface area contributed by atoms with Crippen molar-refractivity contribution >= 4 is 16.7 Å². The van der Waals surface area contributed by atoms with Crippen molar-refractivity contribution in [2.45, 2.75) is 12.6 Å². The number of nitrogens with zero attached hydrogens (tertiary/aromatic N) is 3. The summed E-state index contributed by atoms with van der Waals surface area (Å²) in [5.41, 5.74) is 8.56. The zero-order chi connectivity index (χ0) is 12.5. The van der Waals surface area contributed by atoms with Crippen LogP contribution in [0.5, 0.6) is 0 Å². The summed E-state index contributed by atoms with van der Waals surface area (Å²) in [6.07, 6.45) is 2.10. The van der Waals surface area contributed by atoms with E-state index in [0.717, 1.165) is 43.0 Å². The van der Waals surface area contributed by atoms with Gasteiger partial charge < -0.3 is 19.9 Å². The molecule has 1 fully saturated rings. The zero-order valence-corrected chi connectivity index (χ0v) is 10.5. The van der Waals surface area contributed by atoms with Crippen LogP contribution in [0.4, 0.5) is 5.69 Å². The topological polar surface area (TPSA) is 56.3 Å². The van der Waals surface area contributed by atoms with Crippen molar-refractivity contribution in [2.75, 3.05) is 32.5 Å². The number of fused-ring (bicyclic) bond motifs is 1. The monoisotopic (exact) mass is 246 g/mol. The van der Waals surface area contributed by atoms with Crippen LogP contribution >= 0.6 is 0 Å². The summed E-state index contributed by atoms with van der Waals surface area (Å²) in [6.45, 7) is 3.62. The Bertz CT molecular complexity index is 551. The van der Waals surface area contributed by atoms with Crippen molar-refractivity contribution in [1.29, 1.82) is 0 Å². The number of ether oxygens (including phenoxy) is 1. The maximum Gasteiger partial charge on any atom is 0.0959 e. The number of anilines is 1. The molecule has 96 valence electrons. The smallest absolute Gasteiger partial charge is 0.0959 e. The molecular weight excluding hydrogens is 228 g/mol. The van der Waals surface area contributed by atoms with Crippen LogP contribution in [0, 0.1) is 0 Å². The second-order valence-corrected chi connectivity index (χ2v) is 4.90. The third-order valence-corrected chi connectivity index (χ3v) is 3.39. The van der Waals surface area contributed by atoms with Gasteiger partial charge in [0.1, 0.15) is 0 Å². The summed E-state index contributed by atoms with van der Waals surface area (Å²) >= 11 is 0. The number of aromatic nitrogens is 2. The third-order valence-electron chi connectivity index (χ3n) is 3.39. The van der Waals surface area contributed by atoms with E-state index in [4.69, 9.17) is 10.5 Å². The first-order valence-electron chi connectivity index (χ1n) is 6.23. The number of rotatable bonds is 2. The minimum absolute atomic E-state index is 0.235. The summed E-state index contributed by atoms with van der Waals surface area (Å²) in [5, 5.41) is 0. The summed E-state index contributed by atoms with van der Waals surface area (Å²) in [5.74, 6) is 0. The summed E-state index contributed by atoms with van der Waals surface area (Å²) in [6, 6.07) is 5.83. The van der Waals surface area contributed by atoms with Crippen molar-refractivity contribution in [3.05, 3.63) is 24.5 Å². The lowest BCUT2D eigenvalue weighted by Crippen LogP contribution is -2.41. The van der Waals surface area contributed by atoms with Crippen LogP contribution in [-0.2, 0) is 11.3 Å². The van der Waals surface area contributed by atoms with Crippen molar-refractivity contribution in [3.8, 4) is 0 Å². The van der Waals surface area contributed by atoms with Crippen LogP contribution in [0.2, 0.25) is 0 Å². The molecule has 5 heteroatoms. The van der Waals surface area contributed by atoms with Gasteiger partial charge in [-0.25, -0.2) is 4.98 Å². The molecule has 1 aromatic carbocycles. The molecule has 0 radical (unpaired) electrons. The zero-order valence-electron chi connectivity index (χ0n) is 10.5. The van der Waals surface area contributed by atoms with E-state index in [1.54, 1.807) is 0 Å². The van der Waals surface area contributed by atoms with Gasteiger partial charge in [0.15, 0.2) is 0 Å². The first-order valence-corrected chi connectivity index (χ1v) is 6.23. The molecule has 2 N–H and O–H groups in total. The highest BCUT2D eigenvalue weighted by molar-refractivity contribution is 5.78. The molecule has 1 atom stereocenters. The molecule has 1 aliphatic rings. The maximum atomic E-state index is 5.78. The third kappa shape index (κ3) is 2.19. The molecule has 1 saturated heterocycles. The van der Waals surface area contributed by atoms with Gasteiger partial charge in [-0.05, 0) is 25.2 Å². The quantitative estimate of drug-likeness (QED) is 0.802. The Morgan fingerprint density at radius 3 is 3.22 bits per heavy atom. The van der Waals surface area contributed by atoms with Gasteiger partial charge in [-0.15, -0.1) is 0 Å². The van der Waals surface area contributed by atoms with Crippen molar-refractivity contribution in [3.63, 3.8) is 0 Å². The Kier molecular flexibility index (Phi) is 2.93. The molecule has 0 amide bonds. The molecule has 0 spiro atoms. The van der Waals surface area contributed by atoms with Gasteiger partial charge >= 0.3 is 0 Å². The summed E-state index contributed by atoms with van der Waals surface area (Å²) in [7, 11) is 2.13. The standard InChI is InChI=1S/C13H18N4O/c1-16-4-5-18-11(7-16)8-17-9-15-12-6-10(14)2-3-13(12)17/h2-3,6,9,11H,4-5,7-8,14H2,1H3. The van der Waals surface area contributed by atoms with E-state index in [1.807, 2.05) is 24.5 Å². The lowest BCUT2D eigenvalue weighted by atomic mass is 10.2. The van der Waals surface area contributed by atoms with Crippen LogP contribution in [0.15, 0.2) is 24.5 Å². The average Bonchev–Trinajstić information content (AvgIpc) is 2.72. The van der Waals surface area contributed by atoms with Crippen LogP contribution < -0.4 is 5.73 Å². The van der Waals surface area contributed by atoms with E-state index >= 15 is 0 Å². The van der Waals surface area contributed by atoms with Gasteiger partial charge in [-0.2, -0.15) is 0 Å². The fraction of sp³-hybridized carbons (Fsp3) is 0.462. The van der Waals surface area contributed by atoms with Gasteiger partial charge in [-0.1, -0.05) is 0 Å². The Morgan fingerprint density at radius 1 is 1.50 bits per heavy atom. The number of nitrogens with two attached hydrogens (primary N) is 1. The lowest BCUT2D eigenvalue weighted by molar-refractivity contribution is -0.0269. The molecule has 18 heavy (non-hydrogen) atoms. The number of benzene rings is 1. The SMILES string of the molecule is CN1CCOC(Cn2cnc3cc(N)ccc32)C1. The van der Waals surface area contributed by atoms with Crippen LogP contribution in [0.1, 0.15) is 0 Å². The molecule has 0 bridgehead atoms. The normalized spacial score (nSPS) is 21.5. The largest absolute Gasteiger partial charge is 0.399 e. The fourth-order valence-corrected chi connectivity index (χ4v) is 2.42. The Balaban J connectivity index is 1.82. The lowest BCUT2D eigenvalue weighted by Gasteiger charge is -2.30. The van der Waals surface area contributed by atoms with E-state index in [1.165, 1.54) is 0 Å². The van der Waals surface area contributed by atoms with E-state index in [2.05, 4.69) is 21.5 Å². The molecule has 1 aromatic heterocycles. The molecular formula is C13H18N4O. The number of morpholine rings is 1. The number of hydrogen-bond acceptors (Lipinski definition) is 4. The van der Waals surface area contributed by atoms with Gasteiger partial charge in [0.25, 0.3) is 0 Å². The van der Waals surface area contributed by atoms with Gasteiger partial charge in [0.2, 0.25) is 0 Å². The average molecular weight is 246 g/mol. The molecule has 0 saturated carbocycles. The van der Waals surface area contributed by atoms with E-state index < -0.39 is 0 Å². The molecule has 1 aliphatic heterocycles. The number of imidazole rings is 1.